The molecule has 2 N–H and O–H groups in total. The summed E-state index contributed by atoms with van der Waals surface area (Å²) in [6.07, 6.45) is 4.94. The summed E-state index contributed by atoms with van der Waals surface area (Å²) in [4.78, 5) is 9.93. The van der Waals surface area contributed by atoms with Crippen molar-refractivity contribution in [1.82, 2.24) is 9.80 Å². The van der Waals surface area contributed by atoms with Crippen molar-refractivity contribution in [2.24, 2.45) is 4.99 Å². The van der Waals surface area contributed by atoms with Gasteiger partial charge in [0.1, 0.15) is 5.75 Å². The van der Waals surface area contributed by atoms with Crippen LogP contribution in [0.25, 0.3) is 0 Å². The summed E-state index contributed by atoms with van der Waals surface area (Å²) in [6.45, 7) is 11.4. The summed E-state index contributed by atoms with van der Waals surface area (Å²) in [5.41, 5.74) is 2.86. The molecule has 0 aliphatic carbocycles. The second-order valence-corrected chi connectivity index (χ2v) is 10.7. The van der Waals surface area contributed by atoms with E-state index in [1.165, 1.54) is 31.5 Å². The second-order valence-electron chi connectivity index (χ2n) is 10.3. The fraction of sp³-hybridized carbons (Fsp3) is 0.519. The van der Waals surface area contributed by atoms with E-state index in [2.05, 4.69) is 35.9 Å². The number of benzene rings is 2. The van der Waals surface area contributed by atoms with Gasteiger partial charge in [0, 0.05) is 24.2 Å². The standard InChI is InChI=1S/C27H37ClN4O/c1-27(2,3)21-10-11-25(33)24(18-21)30-26(29-19-20-8-4-5-9-23(20)28)32-16-12-22(13-17-32)31-14-6-7-15-31/h4-5,8-11,18,22,33H,6-7,12-17,19H2,1-3H3,(H,29,30). The van der Waals surface area contributed by atoms with Crippen LogP contribution in [0.1, 0.15) is 57.6 Å². The molecule has 2 saturated heterocycles. The number of phenolic OH excluding ortho intramolecular Hbond substituents is 1. The third kappa shape index (κ3) is 6.01. The highest BCUT2D eigenvalue weighted by Gasteiger charge is 2.28. The summed E-state index contributed by atoms with van der Waals surface area (Å²) in [6, 6.07) is 14.3. The minimum atomic E-state index is -0.00687. The molecule has 2 aromatic rings. The molecule has 0 bridgehead atoms. The summed E-state index contributed by atoms with van der Waals surface area (Å²) in [7, 11) is 0. The SMILES string of the molecule is CC(C)(C)c1ccc(O)c(NC(=NCc2ccccc2Cl)N2CCC(N3CCCC3)CC2)c1. The van der Waals surface area contributed by atoms with Crippen LogP contribution in [0.5, 0.6) is 5.75 Å². The van der Waals surface area contributed by atoms with E-state index in [9.17, 15) is 5.11 Å². The van der Waals surface area contributed by atoms with E-state index in [1.54, 1.807) is 6.07 Å². The quantitative estimate of drug-likeness (QED) is 0.334. The van der Waals surface area contributed by atoms with Gasteiger partial charge in [0.15, 0.2) is 5.96 Å². The molecule has 2 fully saturated rings. The molecule has 0 saturated carbocycles. The number of hydrogen-bond donors (Lipinski definition) is 2. The lowest BCUT2D eigenvalue weighted by Gasteiger charge is -2.38. The number of likely N-dealkylation sites (tertiary alicyclic amines) is 2. The van der Waals surface area contributed by atoms with Crippen molar-refractivity contribution in [3.05, 3.63) is 58.6 Å². The third-order valence-corrected chi connectivity index (χ3v) is 7.26. The molecular formula is C27H37ClN4O. The van der Waals surface area contributed by atoms with Crippen molar-refractivity contribution in [3.63, 3.8) is 0 Å². The molecule has 2 aliphatic rings. The monoisotopic (exact) mass is 468 g/mol. The predicted octanol–water partition coefficient (Wildman–Crippen LogP) is 5.87. The highest BCUT2D eigenvalue weighted by atomic mass is 35.5. The minimum Gasteiger partial charge on any atom is -0.506 e. The number of hydrogen-bond acceptors (Lipinski definition) is 3. The Balaban J connectivity index is 1.55. The van der Waals surface area contributed by atoms with Gasteiger partial charge in [-0.25, -0.2) is 4.99 Å². The van der Waals surface area contributed by atoms with Gasteiger partial charge in [-0.15, -0.1) is 0 Å². The molecule has 0 unspecified atom stereocenters. The Hall–Kier alpha value is -2.24. The minimum absolute atomic E-state index is 0.00687. The first-order chi connectivity index (χ1) is 15.8. The second kappa shape index (κ2) is 10.4. The smallest absolute Gasteiger partial charge is 0.198 e. The summed E-state index contributed by atoms with van der Waals surface area (Å²) < 4.78 is 0. The van der Waals surface area contributed by atoms with Gasteiger partial charge in [-0.1, -0.05) is 56.6 Å². The maximum Gasteiger partial charge on any atom is 0.198 e. The summed E-state index contributed by atoms with van der Waals surface area (Å²) >= 11 is 6.39. The molecule has 2 aliphatic heterocycles. The molecular weight excluding hydrogens is 432 g/mol. The maximum atomic E-state index is 10.6. The van der Waals surface area contributed by atoms with Gasteiger partial charge >= 0.3 is 0 Å². The molecule has 6 heteroatoms. The topological polar surface area (TPSA) is 51.1 Å². The average Bonchev–Trinajstić information content (AvgIpc) is 3.33. The first-order valence-electron chi connectivity index (χ1n) is 12.2. The normalized spacial score (nSPS) is 18.7. The van der Waals surface area contributed by atoms with Crippen LogP contribution < -0.4 is 5.32 Å². The van der Waals surface area contributed by atoms with Crippen molar-refractivity contribution in [2.75, 3.05) is 31.5 Å². The van der Waals surface area contributed by atoms with Crippen LogP contribution in [0, 0.1) is 0 Å². The molecule has 178 valence electrons. The molecule has 33 heavy (non-hydrogen) atoms. The molecule has 0 amide bonds. The number of aromatic hydroxyl groups is 1. The van der Waals surface area contributed by atoms with E-state index < -0.39 is 0 Å². The van der Waals surface area contributed by atoms with E-state index in [-0.39, 0.29) is 11.2 Å². The molecule has 4 rings (SSSR count). The number of phenols is 1. The molecule has 2 aromatic carbocycles. The van der Waals surface area contributed by atoms with Crippen molar-refractivity contribution >= 4 is 23.2 Å². The van der Waals surface area contributed by atoms with E-state index in [0.29, 0.717) is 18.3 Å². The van der Waals surface area contributed by atoms with Crippen LogP contribution in [-0.2, 0) is 12.0 Å². The number of nitrogens with zero attached hydrogens (tertiary/aromatic N) is 3. The summed E-state index contributed by atoms with van der Waals surface area (Å²) in [5.74, 6) is 1.04. The van der Waals surface area contributed by atoms with Gasteiger partial charge < -0.3 is 20.2 Å². The fourth-order valence-electron chi connectivity index (χ4n) is 4.78. The zero-order valence-corrected chi connectivity index (χ0v) is 20.9. The van der Waals surface area contributed by atoms with E-state index in [4.69, 9.17) is 16.6 Å². The Labute approximate surface area is 203 Å². The number of anilines is 1. The lowest BCUT2D eigenvalue weighted by Crippen LogP contribution is -2.47. The Morgan fingerprint density at radius 2 is 1.76 bits per heavy atom. The maximum absolute atomic E-state index is 10.6. The van der Waals surface area contributed by atoms with Crippen LogP contribution in [0.15, 0.2) is 47.5 Å². The van der Waals surface area contributed by atoms with Crippen molar-refractivity contribution in [3.8, 4) is 5.75 Å². The number of nitrogens with one attached hydrogen (secondary N) is 1. The first kappa shape index (κ1) is 23.9. The van der Waals surface area contributed by atoms with Crippen LogP contribution in [0.3, 0.4) is 0 Å². The number of aliphatic imine (C=N–C) groups is 1. The fourth-order valence-corrected chi connectivity index (χ4v) is 4.97. The molecule has 0 spiro atoms. The molecule has 0 aromatic heterocycles. The zero-order valence-electron chi connectivity index (χ0n) is 20.1. The Morgan fingerprint density at radius 3 is 2.42 bits per heavy atom. The van der Waals surface area contributed by atoms with Crippen LogP contribution in [0.2, 0.25) is 5.02 Å². The lowest BCUT2D eigenvalue weighted by atomic mass is 9.87. The lowest BCUT2D eigenvalue weighted by molar-refractivity contribution is 0.163. The van der Waals surface area contributed by atoms with Crippen LogP contribution in [-0.4, -0.2) is 53.1 Å². The Bertz CT molecular complexity index is 970. The van der Waals surface area contributed by atoms with Gasteiger partial charge in [0.2, 0.25) is 0 Å². The van der Waals surface area contributed by atoms with E-state index in [1.807, 2.05) is 36.4 Å². The average molecular weight is 469 g/mol. The van der Waals surface area contributed by atoms with Crippen molar-refractivity contribution in [2.45, 2.75) is 64.5 Å². The number of rotatable bonds is 4. The van der Waals surface area contributed by atoms with Gasteiger partial charge in [-0.3, -0.25) is 0 Å². The van der Waals surface area contributed by atoms with E-state index >= 15 is 0 Å². The van der Waals surface area contributed by atoms with Crippen LogP contribution in [0.4, 0.5) is 5.69 Å². The third-order valence-electron chi connectivity index (χ3n) is 6.89. The highest BCUT2D eigenvalue weighted by Crippen LogP contribution is 2.31. The largest absolute Gasteiger partial charge is 0.506 e. The molecule has 0 atom stereocenters. The first-order valence-corrected chi connectivity index (χ1v) is 12.6. The van der Waals surface area contributed by atoms with Gasteiger partial charge in [0.05, 0.1) is 12.2 Å². The molecule has 5 nitrogen and oxygen atoms in total. The number of guanidine groups is 1. The van der Waals surface area contributed by atoms with Gasteiger partial charge in [0.25, 0.3) is 0 Å². The van der Waals surface area contributed by atoms with Gasteiger partial charge in [-0.2, -0.15) is 0 Å². The van der Waals surface area contributed by atoms with Gasteiger partial charge in [-0.05, 0) is 73.5 Å². The van der Waals surface area contributed by atoms with E-state index in [0.717, 1.165) is 42.5 Å². The number of piperidine rings is 1. The highest BCUT2D eigenvalue weighted by molar-refractivity contribution is 6.31. The predicted molar refractivity (Wildman–Crippen MR) is 138 cm³/mol. The number of halogens is 1. The zero-order chi connectivity index (χ0) is 23.4. The van der Waals surface area contributed by atoms with Crippen LogP contribution >= 0.6 is 11.6 Å². The van der Waals surface area contributed by atoms with Crippen molar-refractivity contribution in [1.29, 1.82) is 0 Å². The molecule has 0 radical (unpaired) electrons. The Morgan fingerprint density at radius 1 is 1.06 bits per heavy atom. The van der Waals surface area contributed by atoms with Crippen molar-refractivity contribution < 1.29 is 5.11 Å². The Kier molecular flexibility index (Phi) is 7.50. The molecule has 2 heterocycles. The summed E-state index contributed by atoms with van der Waals surface area (Å²) in [5, 5.41) is 14.8.